The van der Waals surface area contributed by atoms with Crippen molar-refractivity contribution in [3.8, 4) is 0 Å². The van der Waals surface area contributed by atoms with Gasteiger partial charge in [-0.2, -0.15) is 0 Å². The third-order valence-corrected chi connectivity index (χ3v) is 5.96. The van der Waals surface area contributed by atoms with Crippen molar-refractivity contribution in [2.75, 3.05) is 23.7 Å². The van der Waals surface area contributed by atoms with Crippen LogP contribution in [-0.4, -0.2) is 51.2 Å². The number of carbonyl (C=O) groups is 1. The number of aryl methyl sites for hydroxylation is 1. The van der Waals surface area contributed by atoms with Crippen LogP contribution in [0.15, 0.2) is 42.2 Å². The molecule has 0 radical (unpaired) electrons. The Morgan fingerprint density at radius 3 is 3.00 bits per heavy atom. The minimum atomic E-state index is -0.292. The Morgan fingerprint density at radius 1 is 1.31 bits per heavy atom. The van der Waals surface area contributed by atoms with Gasteiger partial charge in [0.05, 0.1) is 18.4 Å². The van der Waals surface area contributed by atoms with Crippen LogP contribution in [0.25, 0.3) is 0 Å². The highest BCUT2D eigenvalue weighted by Gasteiger charge is 2.22. The summed E-state index contributed by atoms with van der Waals surface area (Å²) in [5, 5.41) is 19.9. The lowest BCUT2D eigenvalue weighted by Gasteiger charge is -2.32. The predicted octanol–water partition coefficient (Wildman–Crippen LogP) is 3.77. The summed E-state index contributed by atoms with van der Waals surface area (Å²) in [7, 11) is 0. The van der Waals surface area contributed by atoms with Crippen LogP contribution in [0, 0.1) is 12.3 Å². The lowest BCUT2D eigenvalue weighted by molar-refractivity contribution is 0.183. The summed E-state index contributed by atoms with van der Waals surface area (Å²) in [4.78, 5) is 27.7. The number of nitrogens with zero attached hydrogens (tertiary/aromatic N) is 4. The van der Waals surface area contributed by atoms with Crippen LogP contribution in [0.1, 0.15) is 29.1 Å². The molecule has 1 atom stereocenters. The van der Waals surface area contributed by atoms with E-state index < -0.39 is 0 Å². The molecule has 2 amide bonds. The molecule has 10 heteroatoms. The van der Waals surface area contributed by atoms with E-state index in [-0.39, 0.29) is 12.1 Å². The number of piperidine rings is 1. The zero-order valence-corrected chi connectivity index (χ0v) is 18.7. The molecule has 1 unspecified atom stereocenters. The Morgan fingerprint density at radius 2 is 2.22 bits per heavy atom. The van der Waals surface area contributed by atoms with Gasteiger partial charge in [0.2, 0.25) is 0 Å². The van der Waals surface area contributed by atoms with Crippen molar-refractivity contribution < 1.29 is 4.79 Å². The summed E-state index contributed by atoms with van der Waals surface area (Å²) >= 11 is 1.65. The van der Waals surface area contributed by atoms with Gasteiger partial charge in [-0.25, -0.2) is 14.8 Å². The van der Waals surface area contributed by atoms with E-state index in [4.69, 9.17) is 5.41 Å². The number of amides is 2. The molecule has 1 aliphatic rings. The zero-order valence-electron chi connectivity index (χ0n) is 17.8. The topological polar surface area (TPSA) is 119 Å². The fourth-order valence-electron chi connectivity index (χ4n) is 3.72. The number of likely N-dealkylation sites (tertiary alicyclic amines) is 1. The Labute approximate surface area is 190 Å². The van der Waals surface area contributed by atoms with Crippen LogP contribution in [0.2, 0.25) is 0 Å². The Balaban J connectivity index is 1.34. The van der Waals surface area contributed by atoms with Crippen LogP contribution < -0.4 is 16.0 Å². The first-order chi connectivity index (χ1) is 15.6. The van der Waals surface area contributed by atoms with Crippen LogP contribution >= 0.6 is 11.3 Å². The largest absolute Gasteiger partial charge is 0.354 e. The second-order valence-electron chi connectivity index (χ2n) is 7.71. The van der Waals surface area contributed by atoms with E-state index in [1.807, 2.05) is 30.6 Å². The first-order valence-corrected chi connectivity index (χ1v) is 11.4. The molecule has 0 saturated carbocycles. The summed E-state index contributed by atoms with van der Waals surface area (Å²) < 4.78 is 0. The minimum Gasteiger partial charge on any atom is -0.354 e. The summed E-state index contributed by atoms with van der Waals surface area (Å²) in [6, 6.07) is 5.22. The van der Waals surface area contributed by atoms with Crippen molar-refractivity contribution in [3.63, 3.8) is 0 Å². The van der Waals surface area contributed by atoms with Crippen molar-refractivity contribution >= 4 is 40.8 Å². The molecule has 1 fully saturated rings. The van der Waals surface area contributed by atoms with Gasteiger partial charge in [0.1, 0.15) is 10.8 Å². The monoisotopic (exact) mass is 450 g/mol. The molecule has 1 saturated heterocycles. The van der Waals surface area contributed by atoms with Gasteiger partial charge in [-0.15, -0.1) is 11.3 Å². The van der Waals surface area contributed by atoms with Crippen molar-refractivity contribution in [3.05, 3.63) is 58.4 Å². The van der Waals surface area contributed by atoms with E-state index in [1.54, 1.807) is 29.8 Å². The molecule has 0 spiro atoms. The molecular formula is C22H26N8OS. The molecule has 0 bridgehead atoms. The minimum absolute atomic E-state index is 0.0711. The zero-order chi connectivity index (χ0) is 22.3. The van der Waals surface area contributed by atoms with Crippen molar-refractivity contribution in [2.24, 2.45) is 0 Å². The second-order valence-corrected chi connectivity index (χ2v) is 8.69. The SMILES string of the molecule is Cc1cc(Nc2cnc(NC(=O)NC3CCCN(Cc4nccs4)C3)cc2C=N)ccn1. The normalized spacial score (nSPS) is 16.3. The molecule has 0 aromatic carbocycles. The average Bonchev–Trinajstić information content (AvgIpc) is 3.28. The average molecular weight is 451 g/mol. The molecule has 32 heavy (non-hydrogen) atoms. The Kier molecular flexibility index (Phi) is 7.03. The van der Waals surface area contributed by atoms with Gasteiger partial charge < -0.3 is 16.0 Å². The van der Waals surface area contributed by atoms with Crippen LogP contribution in [0.5, 0.6) is 0 Å². The number of carbonyl (C=O) groups excluding carboxylic acids is 1. The maximum atomic E-state index is 12.5. The number of thiazole rings is 1. The van der Waals surface area contributed by atoms with Gasteiger partial charge in [0.15, 0.2) is 0 Å². The van der Waals surface area contributed by atoms with Gasteiger partial charge in [-0.1, -0.05) is 0 Å². The van der Waals surface area contributed by atoms with Gasteiger partial charge in [0.25, 0.3) is 0 Å². The van der Waals surface area contributed by atoms with Gasteiger partial charge in [0, 0.05) is 53.5 Å². The maximum Gasteiger partial charge on any atom is 0.320 e. The van der Waals surface area contributed by atoms with E-state index in [0.717, 1.165) is 48.9 Å². The smallest absolute Gasteiger partial charge is 0.320 e. The van der Waals surface area contributed by atoms with E-state index in [1.165, 1.54) is 6.21 Å². The fraction of sp³-hybridized carbons (Fsp3) is 0.318. The van der Waals surface area contributed by atoms with Crippen LogP contribution in [0.4, 0.5) is 22.0 Å². The molecule has 1 aliphatic heterocycles. The molecule has 4 rings (SSSR count). The molecule has 4 heterocycles. The van der Waals surface area contributed by atoms with Gasteiger partial charge >= 0.3 is 6.03 Å². The quantitative estimate of drug-likeness (QED) is 0.407. The highest BCUT2D eigenvalue weighted by atomic mass is 32.1. The summed E-state index contributed by atoms with van der Waals surface area (Å²) in [5.41, 5.74) is 3.06. The number of pyridine rings is 2. The van der Waals surface area contributed by atoms with Crippen molar-refractivity contribution in [1.82, 2.24) is 25.2 Å². The molecule has 0 aliphatic carbocycles. The van der Waals surface area contributed by atoms with Crippen molar-refractivity contribution in [1.29, 1.82) is 5.41 Å². The third-order valence-electron chi connectivity index (χ3n) is 5.19. The molecular weight excluding hydrogens is 424 g/mol. The lowest BCUT2D eigenvalue weighted by Crippen LogP contribution is -2.48. The highest BCUT2D eigenvalue weighted by molar-refractivity contribution is 7.09. The number of aromatic nitrogens is 3. The number of urea groups is 1. The Hall–Kier alpha value is -3.37. The number of hydrogen-bond donors (Lipinski definition) is 4. The van der Waals surface area contributed by atoms with Crippen LogP contribution in [0.3, 0.4) is 0 Å². The first-order valence-electron chi connectivity index (χ1n) is 10.5. The Bertz CT molecular complexity index is 1070. The van der Waals surface area contributed by atoms with E-state index in [0.29, 0.717) is 17.1 Å². The third kappa shape index (κ3) is 5.86. The van der Waals surface area contributed by atoms with E-state index in [2.05, 4.69) is 35.8 Å². The summed E-state index contributed by atoms with van der Waals surface area (Å²) in [6.07, 6.45) is 8.36. The molecule has 3 aromatic heterocycles. The van der Waals surface area contributed by atoms with E-state index in [9.17, 15) is 4.79 Å². The summed E-state index contributed by atoms with van der Waals surface area (Å²) in [5.74, 6) is 0.396. The molecule has 166 valence electrons. The first kappa shape index (κ1) is 21.8. The number of hydrogen-bond acceptors (Lipinski definition) is 8. The number of nitrogens with one attached hydrogen (secondary N) is 4. The van der Waals surface area contributed by atoms with Crippen LogP contribution in [-0.2, 0) is 6.54 Å². The molecule has 4 N–H and O–H groups in total. The predicted molar refractivity (Wildman–Crippen MR) is 127 cm³/mol. The highest BCUT2D eigenvalue weighted by Crippen LogP contribution is 2.21. The standard InChI is InChI=1S/C22H26N8OS/c1-15-9-17(4-5-24-15)27-19-12-26-20(10-16(19)11-23)29-22(31)28-18-3-2-7-30(13-18)14-21-25-6-8-32-21/h4-6,8-12,18,23H,2-3,7,13-14H2,1H3,(H,24,27)(H2,26,28,29,31). The van der Waals surface area contributed by atoms with Gasteiger partial charge in [-0.3, -0.25) is 15.2 Å². The molecule has 3 aromatic rings. The maximum absolute atomic E-state index is 12.5. The van der Waals surface area contributed by atoms with Crippen molar-refractivity contribution in [2.45, 2.75) is 32.4 Å². The van der Waals surface area contributed by atoms with E-state index >= 15 is 0 Å². The number of anilines is 3. The second kappa shape index (κ2) is 10.3. The fourth-order valence-corrected chi connectivity index (χ4v) is 4.38. The lowest BCUT2D eigenvalue weighted by atomic mass is 10.1. The number of rotatable bonds is 7. The molecule has 9 nitrogen and oxygen atoms in total. The summed E-state index contributed by atoms with van der Waals surface area (Å²) in [6.45, 7) is 4.53. The van der Waals surface area contributed by atoms with Gasteiger partial charge in [-0.05, 0) is 44.5 Å².